The van der Waals surface area contributed by atoms with Crippen molar-refractivity contribution in [2.24, 2.45) is 5.92 Å². The van der Waals surface area contributed by atoms with Gasteiger partial charge in [-0.25, -0.2) is 0 Å². The van der Waals surface area contributed by atoms with Gasteiger partial charge < -0.3 is 14.6 Å². The number of carbonyl (C=O) groups is 1. The molecule has 0 saturated carbocycles. The van der Waals surface area contributed by atoms with Gasteiger partial charge in [0.1, 0.15) is 6.10 Å². The molecule has 0 spiro atoms. The van der Waals surface area contributed by atoms with Gasteiger partial charge in [0.05, 0.1) is 6.42 Å². The van der Waals surface area contributed by atoms with E-state index in [1.54, 1.807) is 19.3 Å². The third-order valence-corrected chi connectivity index (χ3v) is 4.05. The highest BCUT2D eigenvalue weighted by Gasteiger charge is 2.34. The third-order valence-electron chi connectivity index (χ3n) is 4.05. The van der Waals surface area contributed by atoms with E-state index in [1.165, 1.54) is 0 Å². The Morgan fingerprint density at radius 1 is 1.43 bits per heavy atom. The number of amides is 1. The molecule has 1 fully saturated rings. The first kappa shape index (κ1) is 15.6. The van der Waals surface area contributed by atoms with Crippen molar-refractivity contribution in [3.63, 3.8) is 0 Å². The predicted molar refractivity (Wildman–Crippen MR) is 81.5 cm³/mol. The van der Waals surface area contributed by atoms with Crippen molar-refractivity contribution < 1.29 is 14.1 Å². The molecule has 0 unspecified atom stereocenters. The van der Waals surface area contributed by atoms with Gasteiger partial charge in [-0.1, -0.05) is 5.16 Å². The summed E-state index contributed by atoms with van der Waals surface area (Å²) in [7, 11) is 0. The Bertz CT molecular complexity index is 685. The second-order valence-corrected chi connectivity index (χ2v) is 5.80. The minimum atomic E-state index is -0.237. The van der Waals surface area contributed by atoms with Crippen LogP contribution >= 0.6 is 0 Å². The number of hydrogen-bond donors (Lipinski definition) is 1. The number of aromatic nitrogens is 3. The Labute approximate surface area is 134 Å². The van der Waals surface area contributed by atoms with Crippen LogP contribution in [0.4, 0.5) is 0 Å². The molecule has 1 amide bonds. The summed E-state index contributed by atoms with van der Waals surface area (Å²) in [4.78, 5) is 20.4. The fourth-order valence-corrected chi connectivity index (χ4v) is 2.73. The summed E-state index contributed by atoms with van der Waals surface area (Å²) in [5.74, 6) is 1.22. The van der Waals surface area contributed by atoms with Crippen molar-refractivity contribution >= 4 is 5.91 Å². The van der Waals surface area contributed by atoms with E-state index in [0.29, 0.717) is 31.3 Å². The molecule has 0 radical (unpaired) electrons. The largest absolute Gasteiger partial charge is 0.368 e. The molecule has 23 heavy (non-hydrogen) atoms. The molecule has 3 rings (SSSR count). The summed E-state index contributed by atoms with van der Waals surface area (Å²) < 4.78 is 10.9. The quantitative estimate of drug-likeness (QED) is 0.899. The van der Waals surface area contributed by atoms with Gasteiger partial charge in [-0.2, -0.15) is 4.98 Å². The van der Waals surface area contributed by atoms with Gasteiger partial charge in [0.15, 0.2) is 5.82 Å². The van der Waals surface area contributed by atoms with Gasteiger partial charge in [0.25, 0.3) is 5.89 Å². The van der Waals surface area contributed by atoms with Gasteiger partial charge in [0, 0.05) is 31.5 Å². The van der Waals surface area contributed by atoms with Gasteiger partial charge in [-0.15, -0.1) is 0 Å². The van der Waals surface area contributed by atoms with Crippen LogP contribution < -0.4 is 5.32 Å². The molecule has 0 bridgehead atoms. The monoisotopic (exact) mass is 316 g/mol. The zero-order valence-corrected chi connectivity index (χ0v) is 13.3. The van der Waals surface area contributed by atoms with E-state index < -0.39 is 0 Å². The van der Waals surface area contributed by atoms with Crippen molar-refractivity contribution in [3.8, 4) is 0 Å². The second-order valence-electron chi connectivity index (χ2n) is 5.80. The van der Waals surface area contributed by atoms with Gasteiger partial charge >= 0.3 is 0 Å². The lowest BCUT2D eigenvalue weighted by atomic mass is 10.0. The first-order valence-corrected chi connectivity index (χ1v) is 7.71. The Morgan fingerprint density at radius 3 is 3.04 bits per heavy atom. The maximum atomic E-state index is 12.1. The Kier molecular flexibility index (Phi) is 4.66. The van der Waals surface area contributed by atoms with Crippen LogP contribution in [0.1, 0.15) is 35.4 Å². The molecule has 1 N–H and O–H groups in total. The standard InChI is InChI=1S/C16H20N4O3/c1-10-8-17-5-3-12(10)7-14(21)18-9-13-4-6-22-15(13)16-19-11(2)20-23-16/h3,5,8,13,15H,4,6-7,9H2,1-2H3,(H,18,21)/t13-,15-/m0/s1. The van der Waals surface area contributed by atoms with E-state index >= 15 is 0 Å². The van der Waals surface area contributed by atoms with E-state index in [0.717, 1.165) is 17.5 Å². The first-order valence-electron chi connectivity index (χ1n) is 7.71. The lowest BCUT2D eigenvalue weighted by molar-refractivity contribution is -0.120. The molecular formula is C16H20N4O3. The summed E-state index contributed by atoms with van der Waals surface area (Å²) in [6, 6.07) is 1.87. The lowest BCUT2D eigenvalue weighted by Gasteiger charge is -2.15. The smallest absolute Gasteiger partial charge is 0.256 e. The molecule has 7 heteroatoms. The Morgan fingerprint density at radius 2 is 2.30 bits per heavy atom. The van der Waals surface area contributed by atoms with E-state index in [4.69, 9.17) is 9.26 Å². The lowest BCUT2D eigenvalue weighted by Crippen LogP contribution is -2.31. The normalized spacial score (nSPS) is 20.6. The number of ether oxygens (including phenoxy) is 1. The van der Waals surface area contributed by atoms with Crippen LogP contribution in [0.3, 0.4) is 0 Å². The molecular weight excluding hydrogens is 296 g/mol. The maximum Gasteiger partial charge on any atom is 0.256 e. The van der Waals surface area contributed by atoms with Gasteiger partial charge in [-0.05, 0) is 37.5 Å². The fraction of sp³-hybridized carbons (Fsp3) is 0.500. The molecule has 7 nitrogen and oxygen atoms in total. The summed E-state index contributed by atoms with van der Waals surface area (Å²) in [6.45, 7) is 4.90. The second kappa shape index (κ2) is 6.87. The number of pyridine rings is 1. The molecule has 2 aromatic heterocycles. The van der Waals surface area contributed by atoms with E-state index in [1.807, 2.05) is 13.0 Å². The number of aryl methyl sites for hydroxylation is 2. The highest BCUT2D eigenvalue weighted by atomic mass is 16.5. The highest BCUT2D eigenvalue weighted by molar-refractivity contribution is 5.78. The zero-order chi connectivity index (χ0) is 16.2. The van der Waals surface area contributed by atoms with Crippen LogP contribution in [0.5, 0.6) is 0 Å². The molecule has 1 aliphatic heterocycles. The van der Waals surface area contributed by atoms with Crippen molar-refractivity contribution in [1.29, 1.82) is 0 Å². The molecule has 0 aromatic carbocycles. The van der Waals surface area contributed by atoms with Crippen LogP contribution in [0.15, 0.2) is 23.0 Å². The summed E-state index contributed by atoms with van der Waals surface area (Å²) in [5.41, 5.74) is 2.01. The van der Waals surface area contributed by atoms with Crippen molar-refractivity contribution in [1.82, 2.24) is 20.4 Å². The number of carbonyl (C=O) groups excluding carboxylic acids is 1. The van der Waals surface area contributed by atoms with Crippen LogP contribution in [-0.4, -0.2) is 34.2 Å². The molecule has 122 valence electrons. The van der Waals surface area contributed by atoms with Crippen LogP contribution in [-0.2, 0) is 16.0 Å². The zero-order valence-electron chi connectivity index (χ0n) is 13.3. The average Bonchev–Trinajstić information content (AvgIpc) is 3.16. The fourth-order valence-electron chi connectivity index (χ4n) is 2.73. The first-order chi connectivity index (χ1) is 11.1. The minimum Gasteiger partial charge on any atom is -0.368 e. The van der Waals surface area contributed by atoms with E-state index in [2.05, 4.69) is 20.4 Å². The molecule has 2 atom stereocenters. The summed E-state index contributed by atoms with van der Waals surface area (Å²) in [5, 5.41) is 6.77. The van der Waals surface area contributed by atoms with Crippen LogP contribution in [0.2, 0.25) is 0 Å². The topological polar surface area (TPSA) is 90.1 Å². The molecule has 2 aromatic rings. The van der Waals surface area contributed by atoms with Crippen molar-refractivity contribution in [3.05, 3.63) is 41.3 Å². The summed E-state index contributed by atoms with van der Waals surface area (Å²) >= 11 is 0. The van der Waals surface area contributed by atoms with Crippen molar-refractivity contribution in [2.45, 2.75) is 32.8 Å². The molecule has 1 aliphatic rings. The summed E-state index contributed by atoms with van der Waals surface area (Å²) in [6.07, 6.45) is 4.45. The molecule has 0 aliphatic carbocycles. The Hall–Kier alpha value is -2.28. The van der Waals surface area contributed by atoms with Crippen LogP contribution in [0, 0.1) is 19.8 Å². The third kappa shape index (κ3) is 3.73. The maximum absolute atomic E-state index is 12.1. The van der Waals surface area contributed by atoms with E-state index in [9.17, 15) is 4.79 Å². The SMILES string of the molecule is Cc1noc([C@H]2OCC[C@H]2CNC(=O)Cc2ccncc2C)n1. The number of rotatable bonds is 5. The van der Waals surface area contributed by atoms with Crippen LogP contribution in [0.25, 0.3) is 0 Å². The average molecular weight is 316 g/mol. The van der Waals surface area contributed by atoms with Gasteiger partial charge in [0.2, 0.25) is 5.91 Å². The van der Waals surface area contributed by atoms with Crippen molar-refractivity contribution in [2.75, 3.05) is 13.2 Å². The predicted octanol–water partition coefficient (Wildman–Crippen LogP) is 1.52. The number of hydrogen-bond acceptors (Lipinski definition) is 6. The number of nitrogens with zero attached hydrogens (tertiary/aromatic N) is 3. The minimum absolute atomic E-state index is 0.00772. The Balaban J connectivity index is 1.55. The molecule has 3 heterocycles. The molecule has 1 saturated heterocycles. The highest BCUT2D eigenvalue weighted by Crippen LogP contribution is 2.33. The van der Waals surface area contributed by atoms with Gasteiger partial charge in [-0.3, -0.25) is 9.78 Å². The van der Waals surface area contributed by atoms with E-state index in [-0.39, 0.29) is 17.9 Å². The number of nitrogens with one attached hydrogen (secondary N) is 1.